The van der Waals surface area contributed by atoms with Crippen LogP contribution in [0.5, 0.6) is 0 Å². The van der Waals surface area contributed by atoms with E-state index in [1.54, 1.807) is 34.2 Å². The Bertz CT molecular complexity index is 1240. The van der Waals surface area contributed by atoms with Gasteiger partial charge in [-0.1, -0.05) is 5.21 Å². The highest BCUT2D eigenvalue weighted by Crippen LogP contribution is 2.24. The second-order valence-electron chi connectivity index (χ2n) is 7.96. The summed E-state index contributed by atoms with van der Waals surface area (Å²) >= 11 is 0. The van der Waals surface area contributed by atoms with Gasteiger partial charge in [0.25, 0.3) is 5.91 Å². The molecule has 0 spiro atoms. The Hall–Kier alpha value is -3.66. The zero-order valence-electron chi connectivity index (χ0n) is 17.4. The maximum Gasteiger partial charge on any atom is 0.278 e. The van der Waals surface area contributed by atoms with Crippen LogP contribution >= 0.6 is 0 Å². The van der Waals surface area contributed by atoms with E-state index in [1.165, 1.54) is 0 Å². The van der Waals surface area contributed by atoms with Crippen molar-refractivity contribution in [2.45, 2.75) is 18.9 Å². The molecule has 0 unspecified atom stereocenters. The summed E-state index contributed by atoms with van der Waals surface area (Å²) in [7, 11) is 3.99. The number of likely N-dealkylation sites (tertiary alicyclic amines) is 1. The molecule has 31 heavy (non-hydrogen) atoms. The molecule has 0 aromatic carbocycles. The Kier molecular flexibility index (Phi) is 4.91. The second-order valence-corrected chi connectivity index (χ2v) is 7.96. The van der Waals surface area contributed by atoms with Gasteiger partial charge in [0, 0.05) is 36.0 Å². The molecule has 5 rings (SSSR count). The third kappa shape index (κ3) is 4.02. The smallest absolute Gasteiger partial charge is 0.278 e. The minimum atomic E-state index is -0.331. The largest absolute Gasteiger partial charge is 0.306 e. The molecule has 0 atom stereocenters. The Labute approximate surface area is 178 Å². The summed E-state index contributed by atoms with van der Waals surface area (Å²) in [4.78, 5) is 23.8. The molecule has 1 N–H and O–H groups in total. The number of nitrogens with one attached hydrogen (secondary N) is 1. The van der Waals surface area contributed by atoms with E-state index >= 15 is 0 Å². The zero-order chi connectivity index (χ0) is 21.4. The summed E-state index contributed by atoms with van der Waals surface area (Å²) in [6, 6.07) is 4.09. The number of carbonyl (C=O) groups excluding carboxylic acids is 1. The fourth-order valence-corrected chi connectivity index (χ4v) is 3.83. The minimum absolute atomic E-state index is 0.279. The Morgan fingerprint density at radius 1 is 1.03 bits per heavy atom. The summed E-state index contributed by atoms with van der Waals surface area (Å²) in [5, 5.41) is 16.1. The fraction of sp³-hybridized carbons (Fsp3) is 0.333. The fourth-order valence-electron chi connectivity index (χ4n) is 3.83. The van der Waals surface area contributed by atoms with Gasteiger partial charge in [0.1, 0.15) is 5.82 Å². The third-order valence-corrected chi connectivity index (χ3v) is 5.65. The van der Waals surface area contributed by atoms with E-state index in [2.05, 4.69) is 42.6 Å². The van der Waals surface area contributed by atoms with Gasteiger partial charge in [0.2, 0.25) is 0 Å². The summed E-state index contributed by atoms with van der Waals surface area (Å²) in [6.45, 7) is 2.03. The monoisotopic (exact) mass is 417 g/mol. The summed E-state index contributed by atoms with van der Waals surface area (Å²) < 4.78 is 3.55. The molecule has 158 valence electrons. The van der Waals surface area contributed by atoms with E-state index in [0.29, 0.717) is 5.82 Å². The molecule has 1 fully saturated rings. The Balaban J connectivity index is 1.33. The first-order valence-corrected chi connectivity index (χ1v) is 10.2. The minimum Gasteiger partial charge on any atom is -0.306 e. The second kappa shape index (κ2) is 7.88. The predicted molar refractivity (Wildman–Crippen MR) is 115 cm³/mol. The number of hydrogen-bond donors (Lipinski definition) is 1. The lowest BCUT2D eigenvalue weighted by Gasteiger charge is -2.28. The van der Waals surface area contributed by atoms with E-state index in [1.807, 2.05) is 25.4 Å². The Morgan fingerprint density at radius 2 is 1.87 bits per heavy atom. The molecule has 0 aliphatic carbocycles. The van der Waals surface area contributed by atoms with Crippen molar-refractivity contribution in [1.29, 1.82) is 0 Å². The molecule has 0 saturated carbocycles. The van der Waals surface area contributed by atoms with Gasteiger partial charge < -0.3 is 10.2 Å². The average molecular weight is 417 g/mol. The van der Waals surface area contributed by atoms with Gasteiger partial charge in [-0.3, -0.25) is 14.5 Å². The first-order chi connectivity index (χ1) is 15.0. The van der Waals surface area contributed by atoms with Crippen molar-refractivity contribution in [1.82, 2.24) is 39.6 Å². The number of hydrogen-bond acceptors (Lipinski definition) is 7. The molecule has 1 amide bonds. The van der Waals surface area contributed by atoms with Crippen molar-refractivity contribution in [3.63, 3.8) is 0 Å². The normalized spacial score (nSPS) is 15.4. The molecule has 1 aliphatic heterocycles. The van der Waals surface area contributed by atoms with Crippen LogP contribution in [-0.2, 0) is 7.05 Å². The molecule has 1 aliphatic rings. The molecule has 5 heterocycles. The topological polar surface area (TPSA) is 107 Å². The number of amides is 1. The summed E-state index contributed by atoms with van der Waals surface area (Å²) in [5.41, 5.74) is 2.96. The van der Waals surface area contributed by atoms with Gasteiger partial charge in [-0.25, -0.2) is 9.67 Å². The van der Waals surface area contributed by atoms with Gasteiger partial charge >= 0.3 is 0 Å². The van der Waals surface area contributed by atoms with E-state index in [-0.39, 0.29) is 17.6 Å². The number of piperidine rings is 1. The van der Waals surface area contributed by atoms with Crippen LogP contribution in [0, 0.1) is 0 Å². The molecule has 0 bridgehead atoms. The summed E-state index contributed by atoms with van der Waals surface area (Å²) in [5.74, 6) is 0.110. The van der Waals surface area contributed by atoms with Crippen LogP contribution in [0.1, 0.15) is 29.4 Å². The van der Waals surface area contributed by atoms with Crippen molar-refractivity contribution in [3.05, 3.63) is 48.8 Å². The summed E-state index contributed by atoms with van der Waals surface area (Å²) in [6.07, 6.45) is 10.9. The van der Waals surface area contributed by atoms with Crippen molar-refractivity contribution < 1.29 is 4.79 Å². The average Bonchev–Trinajstić information content (AvgIpc) is 3.43. The first-order valence-electron chi connectivity index (χ1n) is 10.2. The van der Waals surface area contributed by atoms with E-state index in [0.717, 1.165) is 48.0 Å². The van der Waals surface area contributed by atoms with Crippen molar-refractivity contribution in [2.24, 2.45) is 7.05 Å². The van der Waals surface area contributed by atoms with Crippen LogP contribution < -0.4 is 5.32 Å². The zero-order valence-corrected chi connectivity index (χ0v) is 17.4. The maximum atomic E-state index is 12.7. The van der Waals surface area contributed by atoms with Crippen molar-refractivity contribution in [2.75, 3.05) is 25.5 Å². The number of pyridine rings is 2. The van der Waals surface area contributed by atoms with E-state index in [4.69, 9.17) is 0 Å². The highest BCUT2D eigenvalue weighted by Gasteiger charge is 2.21. The SMILES string of the molecule is CN1CCC(n2cc(C(=O)Nc3cc4cc(-c5cnn(C)c5)cnc4cn3)nn2)CC1. The number of aromatic nitrogens is 7. The van der Waals surface area contributed by atoms with Gasteiger partial charge in [-0.15, -0.1) is 5.10 Å². The lowest BCUT2D eigenvalue weighted by atomic mass is 10.1. The lowest BCUT2D eigenvalue weighted by Crippen LogP contribution is -2.31. The standard InChI is InChI=1S/C21H23N9O/c1-28-5-3-17(4-6-28)30-13-19(26-27-30)21(31)25-20-8-14-7-15(9-22-18(14)11-23-20)16-10-24-29(2)12-16/h7-13,17H,3-6H2,1-2H3,(H,23,25,31). The molecule has 0 radical (unpaired) electrons. The van der Waals surface area contributed by atoms with E-state index in [9.17, 15) is 4.79 Å². The lowest BCUT2D eigenvalue weighted by molar-refractivity contribution is 0.102. The van der Waals surface area contributed by atoms with Crippen LogP contribution in [0.25, 0.3) is 22.0 Å². The van der Waals surface area contributed by atoms with Gasteiger partial charge in [0.05, 0.1) is 30.1 Å². The van der Waals surface area contributed by atoms with Crippen molar-refractivity contribution in [3.8, 4) is 11.1 Å². The number of carbonyl (C=O) groups is 1. The van der Waals surface area contributed by atoms with Crippen LogP contribution in [0.3, 0.4) is 0 Å². The molecule has 10 nitrogen and oxygen atoms in total. The number of nitrogens with zero attached hydrogens (tertiary/aromatic N) is 8. The molecular weight excluding hydrogens is 394 g/mol. The molecule has 4 aromatic rings. The van der Waals surface area contributed by atoms with Crippen LogP contribution in [0.15, 0.2) is 43.1 Å². The molecule has 4 aromatic heterocycles. The number of fused-ring (bicyclic) bond motifs is 1. The Morgan fingerprint density at radius 3 is 2.65 bits per heavy atom. The quantitative estimate of drug-likeness (QED) is 0.542. The molecule has 10 heteroatoms. The number of rotatable bonds is 4. The van der Waals surface area contributed by atoms with Crippen LogP contribution in [0.4, 0.5) is 5.82 Å². The molecule has 1 saturated heterocycles. The highest BCUT2D eigenvalue weighted by molar-refractivity contribution is 6.02. The maximum absolute atomic E-state index is 12.7. The highest BCUT2D eigenvalue weighted by atomic mass is 16.2. The number of anilines is 1. The van der Waals surface area contributed by atoms with Crippen molar-refractivity contribution >= 4 is 22.6 Å². The third-order valence-electron chi connectivity index (χ3n) is 5.65. The number of aryl methyl sites for hydroxylation is 1. The van der Waals surface area contributed by atoms with Crippen LogP contribution in [0.2, 0.25) is 0 Å². The van der Waals surface area contributed by atoms with Gasteiger partial charge in [-0.05, 0) is 45.1 Å². The van der Waals surface area contributed by atoms with Gasteiger partial charge in [-0.2, -0.15) is 5.10 Å². The van der Waals surface area contributed by atoms with E-state index < -0.39 is 0 Å². The first kappa shape index (κ1) is 19.3. The van der Waals surface area contributed by atoms with Crippen LogP contribution in [-0.4, -0.2) is 65.7 Å². The molecular formula is C21H23N9O. The predicted octanol–water partition coefficient (Wildman–Crippen LogP) is 2.14. The van der Waals surface area contributed by atoms with Gasteiger partial charge in [0.15, 0.2) is 5.69 Å².